The SMILES string of the molecule is CCCC(CO)Nc1nc(N)nc2c(F)cccc12. The van der Waals surface area contributed by atoms with Crippen molar-refractivity contribution in [2.45, 2.75) is 25.8 Å². The largest absolute Gasteiger partial charge is 0.394 e. The molecular formula is C13H17FN4O. The Bertz CT molecular complexity index is 576. The summed E-state index contributed by atoms with van der Waals surface area (Å²) >= 11 is 0. The van der Waals surface area contributed by atoms with Crippen molar-refractivity contribution in [3.05, 3.63) is 24.0 Å². The predicted octanol–water partition coefficient (Wildman–Crippen LogP) is 1.92. The van der Waals surface area contributed by atoms with Crippen LogP contribution in [0.5, 0.6) is 0 Å². The average Bonchev–Trinajstić information content (AvgIpc) is 2.39. The van der Waals surface area contributed by atoms with E-state index in [9.17, 15) is 9.50 Å². The van der Waals surface area contributed by atoms with Gasteiger partial charge in [0.05, 0.1) is 12.6 Å². The van der Waals surface area contributed by atoms with Crippen molar-refractivity contribution >= 4 is 22.7 Å². The number of nitrogens with zero attached hydrogens (tertiary/aromatic N) is 2. The van der Waals surface area contributed by atoms with E-state index in [4.69, 9.17) is 5.73 Å². The normalized spacial score (nSPS) is 12.6. The molecule has 2 aromatic rings. The standard InChI is InChI=1S/C13H17FN4O/c1-2-4-8(7-19)16-12-9-5-3-6-10(14)11(9)17-13(15)18-12/h3,5-6,8,19H,2,4,7H2,1H3,(H3,15,16,17,18). The van der Waals surface area contributed by atoms with Crippen molar-refractivity contribution in [2.24, 2.45) is 0 Å². The minimum Gasteiger partial charge on any atom is -0.394 e. The van der Waals surface area contributed by atoms with Gasteiger partial charge >= 0.3 is 0 Å². The molecule has 2 rings (SSSR count). The zero-order valence-electron chi connectivity index (χ0n) is 10.7. The van der Waals surface area contributed by atoms with Gasteiger partial charge in [-0.15, -0.1) is 0 Å². The van der Waals surface area contributed by atoms with Crippen molar-refractivity contribution in [1.29, 1.82) is 0 Å². The third kappa shape index (κ3) is 2.90. The van der Waals surface area contributed by atoms with Gasteiger partial charge in [0.2, 0.25) is 5.95 Å². The fraction of sp³-hybridized carbons (Fsp3) is 0.385. The number of aromatic nitrogens is 2. The number of hydrogen-bond donors (Lipinski definition) is 3. The fourth-order valence-corrected chi connectivity index (χ4v) is 2.00. The number of nitrogens with two attached hydrogens (primary N) is 1. The highest BCUT2D eigenvalue weighted by molar-refractivity contribution is 5.90. The van der Waals surface area contributed by atoms with Gasteiger partial charge in [0, 0.05) is 5.39 Å². The molecule has 0 spiro atoms. The first kappa shape index (κ1) is 13.5. The molecule has 1 aromatic carbocycles. The molecule has 1 aromatic heterocycles. The van der Waals surface area contributed by atoms with Crippen LogP contribution >= 0.6 is 0 Å². The van der Waals surface area contributed by atoms with Crippen LogP contribution in [0.3, 0.4) is 0 Å². The quantitative estimate of drug-likeness (QED) is 0.768. The number of benzene rings is 1. The number of para-hydroxylation sites is 1. The topological polar surface area (TPSA) is 84.1 Å². The van der Waals surface area contributed by atoms with Gasteiger partial charge < -0.3 is 16.2 Å². The first-order valence-electron chi connectivity index (χ1n) is 6.24. The van der Waals surface area contributed by atoms with E-state index in [0.717, 1.165) is 12.8 Å². The molecule has 6 heteroatoms. The highest BCUT2D eigenvalue weighted by Gasteiger charge is 2.13. The number of anilines is 2. The van der Waals surface area contributed by atoms with Crippen LogP contribution in [-0.4, -0.2) is 27.7 Å². The van der Waals surface area contributed by atoms with E-state index in [-0.39, 0.29) is 24.1 Å². The number of fused-ring (bicyclic) bond motifs is 1. The number of halogens is 1. The summed E-state index contributed by atoms with van der Waals surface area (Å²) in [6.45, 7) is 2.00. The minimum atomic E-state index is -0.439. The minimum absolute atomic E-state index is 0.00767. The van der Waals surface area contributed by atoms with E-state index in [2.05, 4.69) is 15.3 Å². The van der Waals surface area contributed by atoms with Crippen LogP contribution in [0.1, 0.15) is 19.8 Å². The van der Waals surface area contributed by atoms with Gasteiger partial charge in [0.1, 0.15) is 17.2 Å². The second kappa shape index (κ2) is 5.79. The average molecular weight is 264 g/mol. The number of aliphatic hydroxyl groups excluding tert-OH is 1. The maximum absolute atomic E-state index is 13.7. The molecule has 1 unspecified atom stereocenters. The lowest BCUT2D eigenvalue weighted by Crippen LogP contribution is -2.24. The molecule has 1 atom stereocenters. The fourth-order valence-electron chi connectivity index (χ4n) is 2.00. The van der Waals surface area contributed by atoms with Crippen LogP contribution in [0.2, 0.25) is 0 Å². The summed E-state index contributed by atoms with van der Waals surface area (Å²) in [7, 11) is 0. The second-order valence-corrected chi connectivity index (χ2v) is 4.38. The van der Waals surface area contributed by atoms with E-state index in [1.54, 1.807) is 12.1 Å². The highest BCUT2D eigenvalue weighted by Crippen LogP contribution is 2.24. The molecule has 0 saturated carbocycles. The lowest BCUT2D eigenvalue weighted by atomic mass is 10.1. The Hall–Kier alpha value is -1.95. The van der Waals surface area contributed by atoms with Gasteiger partial charge in [-0.05, 0) is 18.6 Å². The predicted molar refractivity (Wildman–Crippen MR) is 73.3 cm³/mol. The first-order valence-corrected chi connectivity index (χ1v) is 6.24. The Balaban J connectivity index is 2.44. The molecular weight excluding hydrogens is 247 g/mol. The van der Waals surface area contributed by atoms with E-state index in [1.807, 2.05) is 6.92 Å². The summed E-state index contributed by atoms with van der Waals surface area (Å²) in [5.41, 5.74) is 5.78. The van der Waals surface area contributed by atoms with Crippen LogP contribution in [0, 0.1) is 5.82 Å². The number of hydrogen-bond acceptors (Lipinski definition) is 5. The lowest BCUT2D eigenvalue weighted by molar-refractivity contribution is 0.268. The van der Waals surface area contributed by atoms with Crippen molar-refractivity contribution < 1.29 is 9.50 Å². The van der Waals surface area contributed by atoms with Crippen LogP contribution in [-0.2, 0) is 0 Å². The molecule has 102 valence electrons. The van der Waals surface area contributed by atoms with E-state index in [1.165, 1.54) is 6.07 Å². The van der Waals surface area contributed by atoms with Gasteiger partial charge in [-0.3, -0.25) is 0 Å². The second-order valence-electron chi connectivity index (χ2n) is 4.38. The molecule has 0 bridgehead atoms. The van der Waals surface area contributed by atoms with Crippen molar-refractivity contribution in [1.82, 2.24) is 9.97 Å². The van der Waals surface area contributed by atoms with Crippen molar-refractivity contribution in [3.63, 3.8) is 0 Å². The van der Waals surface area contributed by atoms with Gasteiger partial charge in [-0.1, -0.05) is 19.4 Å². The van der Waals surface area contributed by atoms with E-state index < -0.39 is 5.82 Å². The van der Waals surface area contributed by atoms with Gasteiger partial charge in [0.15, 0.2) is 0 Å². The zero-order valence-corrected chi connectivity index (χ0v) is 10.7. The third-order valence-electron chi connectivity index (χ3n) is 2.89. The Morgan fingerprint density at radius 1 is 1.42 bits per heavy atom. The van der Waals surface area contributed by atoms with E-state index >= 15 is 0 Å². The van der Waals surface area contributed by atoms with Crippen LogP contribution in [0.15, 0.2) is 18.2 Å². The molecule has 0 fully saturated rings. The molecule has 19 heavy (non-hydrogen) atoms. The Morgan fingerprint density at radius 2 is 2.21 bits per heavy atom. The maximum Gasteiger partial charge on any atom is 0.222 e. The molecule has 5 nitrogen and oxygen atoms in total. The Kier molecular flexibility index (Phi) is 4.11. The Labute approximate surface area is 110 Å². The molecule has 0 aliphatic rings. The molecule has 0 radical (unpaired) electrons. The number of nitrogens with one attached hydrogen (secondary N) is 1. The molecule has 0 aliphatic heterocycles. The third-order valence-corrected chi connectivity index (χ3v) is 2.89. The Morgan fingerprint density at radius 3 is 2.89 bits per heavy atom. The molecule has 0 aliphatic carbocycles. The van der Waals surface area contributed by atoms with E-state index in [0.29, 0.717) is 11.2 Å². The lowest BCUT2D eigenvalue weighted by Gasteiger charge is -2.17. The summed E-state index contributed by atoms with van der Waals surface area (Å²) in [4.78, 5) is 7.99. The summed E-state index contributed by atoms with van der Waals surface area (Å²) < 4.78 is 13.7. The van der Waals surface area contributed by atoms with Crippen LogP contribution in [0.25, 0.3) is 10.9 Å². The zero-order chi connectivity index (χ0) is 13.8. The highest BCUT2D eigenvalue weighted by atomic mass is 19.1. The van der Waals surface area contributed by atoms with Gasteiger partial charge in [0.25, 0.3) is 0 Å². The molecule has 4 N–H and O–H groups in total. The summed E-state index contributed by atoms with van der Waals surface area (Å²) in [6, 6.07) is 4.51. The molecule has 1 heterocycles. The number of nitrogen functional groups attached to an aromatic ring is 1. The number of aliphatic hydroxyl groups is 1. The maximum atomic E-state index is 13.7. The monoisotopic (exact) mass is 264 g/mol. The molecule has 0 amide bonds. The first-order chi connectivity index (χ1) is 9.15. The van der Waals surface area contributed by atoms with Crippen molar-refractivity contribution in [2.75, 3.05) is 17.7 Å². The smallest absolute Gasteiger partial charge is 0.222 e. The van der Waals surface area contributed by atoms with Gasteiger partial charge in [-0.2, -0.15) is 4.98 Å². The summed E-state index contributed by atoms with van der Waals surface area (Å²) in [6.07, 6.45) is 1.71. The van der Waals surface area contributed by atoms with Crippen LogP contribution in [0.4, 0.5) is 16.2 Å². The van der Waals surface area contributed by atoms with Crippen LogP contribution < -0.4 is 11.1 Å². The summed E-state index contributed by atoms with van der Waals surface area (Å²) in [5, 5.41) is 13.0. The summed E-state index contributed by atoms with van der Waals surface area (Å²) in [5.74, 6) is 0.0217. The van der Waals surface area contributed by atoms with Gasteiger partial charge in [-0.25, -0.2) is 9.37 Å². The molecule has 0 saturated heterocycles. The van der Waals surface area contributed by atoms with Crippen molar-refractivity contribution in [3.8, 4) is 0 Å². The number of rotatable bonds is 5.